The van der Waals surface area contributed by atoms with Crippen LogP contribution in [0.3, 0.4) is 0 Å². The third-order valence-electron chi connectivity index (χ3n) is 5.25. The number of nitrogens with one attached hydrogen (secondary N) is 2. The minimum atomic E-state index is -3.69. The first-order valence-corrected chi connectivity index (χ1v) is 11.8. The molecule has 3 aromatic rings. The molecule has 0 bridgehead atoms. The number of hydrogen-bond donors (Lipinski definition) is 2. The molecular formula is C22H24ClN3O3S. The minimum absolute atomic E-state index is 0.0684. The van der Waals surface area contributed by atoms with E-state index in [0.29, 0.717) is 30.2 Å². The van der Waals surface area contributed by atoms with Crippen molar-refractivity contribution in [3.63, 3.8) is 0 Å². The predicted molar refractivity (Wildman–Crippen MR) is 118 cm³/mol. The van der Waals surface area contributed by atoms with E-state index in [0.717, 1.165) is 23.8 Å². The number of halogens is 1. The Labute approximate surface area is 181 Å². The van der Waals surface area contributed by atoms with Gasteiger partial charge in [-0.1, -0.05) is 48.0 Å². The highest BCUT2D eigenvalue weighted by Crippen LogP contribution is 2.21. The molecule has 2 aromatic carbocycles. The van der Waals surface area contributed by atoms with Crippen LogP contribution in [0.1, 0.15) is 18.4 Å². The summed E-state index contributed by atoms with van der Waals surface area (Å²) in [7, 11) is -3.69. The second-order valence-electron chi connectivity index (χ2n) is 7.47. The first-order chi connectivity index (χ1) is 14.5. The van der Waals surface area contributed by atoms with Crippen molar-refractivity contribution < 1.29 is 13.2 Å². The van der Waals surface area contributed by atoms with E-state index in [4.69, 9.17) is 16.3 Å². The lowest BCUT2D eigenvalue weighted by atomic mass is 10.2. The van der Waals surface area contributed by atoms with Crippen LogP contribution < -0.4 is 10.0 Å². The Hall–Kier alpha value is -2.03. The maximum absolute atomic E-state index is 12.8. The Morgan fingerprint density at radius 3 is 2.67 bits per heavy atom. The number of nitrogens with zero attached hydrogens (tertiary/aromatic N) is 1. The summed E-state index contributed by atoms with van der Waals surface area (Å²) in [5.74, 6) is 0. The summed E-state index contributed by atoms with van der Waals surface area (Å²) in [6, 6.07) is 17.0. The van der Waals surface area contributed by atoms with Crippen LogP contribution in [0.15, 0.2) is 65.8 Å². The highest BCUT2D eigenvalue weighted by molar-refractivity contribution is 7.89. The zero-order valence-corrected chi connectivity index (χ0v) is 18.0. The summed E-state index contributed by atoms with van der Waals surface area (Å²) in [5.41, 5.74) is 1.07. The molecule has 30 heavy (non-hydrogen) atoms. The van der Waals surface area contributed by atoms with E-state index in [1.807, 2.05) is 48.5 Å². The van der Waals surface area contributed by atoms with Crippen LogP contribution in [0, 0.1) is 0 Å². The fourth-order valence-corrected chi connectivity index (χ4v) is 5.04. The van der Waals surface area contributed by atoms with Crippen LogP contribution in [0.2, 0.25) is 5.02 Å². The topological polar surface area (TPSA) is 80.3 Å². The molecule has 0 aliphatic carbocycles. The molecule has 0 spiro atoms. The Morgan fingerprint density at radius 1 is 1.07 bits per heavy atom. The molecule has 2 N–H and O–H groups in total. The van der Waals surface area contributed by atoms with E-state index in [2.05, 4.69) is 15.0 Å². The average Bonchev–Trinajstić information content (AvgIpc) is 3.21. The zero-order valence-electron chi connectivity index (χ0n) is 16.4. The fourth-order valence-electron chi connectivity index (χ4n) is 3.68. The molecule has 6 nitrogen and oxygen atoms in total. The van der Waals surface area contributed by atoms with Crippen molar-refractivity contribution in [1.29, 1.82) is 0 Å². The van der Waals surface area contributed by atoms with Gasteiger partial charge in [-0.3, -0.25) is 0 Å². The highest BCUT2D eigenvalue weighted by atomic mass is 35.5. The number of sulfonamides is 1. The van der Waals surface area contributed by atoms with Crippen molar-refractivity contribution in [2.24, 2.45) is 0 Å². The van der Waals surface area contributed by atoms with Crippen molar-refractivity contribution in [2.45, 2.75) is 36.6 Å². The third kappa shape index (κ3) is 5.17. The van der Waals surface area contributed by atoms with Crippen LogP contribution in [-0.4, -0.2) is 38.6 Å². The molecule has 2 heterocycles. The summed E-state index contributed by atoms with van der Waals surface area (Å²) >= 11 is 5.89. The smallest absolute Gasteiger partial charge is 0.258 e. The first-order valence-electron chi connectivity index (χ1n) is 9.93. The molecule has 158 valence electrons. The lowest BCUT2D eigenvalue weighted by molar-refractivity contribution is 0.102. The lowest BCUT2D eigenvalue weighted by Gasteiger charge is -2.16. The summed E-state index contributed by atoms with van der Waals surface area (Å²) < 4.78 is 34.1. The van der Waals surface area contributed by atoms with Crippen molar-refractivity contribution in [2.75, 3.05) is 13.2 Å². The van der Waals surface area contributed by atoms with E-state index in [1.165, 1.54) is 6.20 Å². The molecule has 1 fully saturated rings. The van der Waals surface area contributed by atoms with Crippen molar-refractivity contribution in [3.8, 4) is 0 Å². The van der Waals surface area contributed by atoms with Gasteiger partial charge >= 0.3 is 0 Å². The second-order valence-corrected chi connectivity index (χ2v) is 9.59. The normalized spacial score (nSPS) is 19.4. The summed E-state index contributed by atoms with van der Waals surface area (Å²) in [5, 5.41) is 5.71. The van der Waals surface area contributed by atoms with Crippen LogP contribution in [0.5, 0.6) is 0 Å². The van der Waals surface area contributed by atoms with Crippen LogP contribution in [-0.2, 0) is 21.4 Å². The lowest BCUT2D eigenvalue weighted by Crippen LogP contribution is -2.41. The first kappa shape index (κ1) is 21.2. The van der Waals surface area contributed by atoms with Gasteiger partial charge in [-0.05, 0) is 42.0 Å². The van der Waals surface area contributed by atoms with Crippen molar-refractivity contribution in [3.05, 3.63) is 71.4 Å². The van der Waals surface area contributed by atoms with Crippen molar-refractivity contribution >= 4 is 32.4 Å². The predicted octanol–water partition coefficient (Wildman–Crippen LogP) is 3.50. The second kappa shape index (κ2) is 9.41. The molecule has 1 aromatic heterocycles. The number of hydrogen-bond acceptors (Lipinski definition) is 5. The van der Waals surface area contributed by atoms with E-state index in [1.54, 1.807) is 6.07 Å². The van der Waals surface area contributed by atoms with Crippen LogP contribution in [0.25, 0.3) is 10.8 Å². The van der Waals surface area contributed by atoms with Gasteiger partial charge in [-0.25, -0.2) is 18.1 Å². The molecular weight excluding hydrogens is 422 g/mol. The highest BCUT2D eigenvalue weighted by Gasteiger charge is 2.26. The SMILES string of the molecule is O=S(=O)(NC[C@@H]1CC[C@H](COCc2ccc(Cl)cc2)N1)c1nccc2ccccc12. The quantitative estimate of drug-likeness (QED) is 0.554. The maximum atomic E-state index is 12.8. The van der Waals surface area contributed by atoms with Crippen LogP contribution in [0.4, 0.5) is 0 Å². The molecule has 0 amide bonds. The maximum Gasteiger partial charge on any atom is 0.258 e. The molecule has 0 unspecified atom stereocenters. The third-order valence-corrected chi connectivity index (χ3v) is 6.88. The van der Waals surface area contributed by atoms with E-state index in [9.17, 15) is 8.42 Å². The molecule has 1 aliphatic heterocycles. The van der Waals surface area contributed by atoms with Gasteiger partial charge in [0.05, 0.1) is 13.2 Å². The van der Waals surface area contributed by atoms with Crippen molar-refractivity contribution in [1.82, 2.24) is 15.0 Å². The Morgan fingerprint density at radius 2 is 1.83 bits per heavy atom. The largest absolute Gasteiger partial charge is 0.375 e. The van der Waals surface area contributed by atoms with E-state index in [-0.39, 0.29) is 17.1 Å². The van der Waals surface area contributed by atoms with Gasteiger partial charge in [0.25, 0.3) is 10.0 Å². The number of aromatic nitrogens is 1. The molecule has 0 saturated carbocycles. The van der Waals surface area contributed by atoms with Gasteiger partial charge in [0.15, 0.2) is 5.03 Å². The van der Waals surface area contributed by atoms with Gasteiger partial charge in [0, 0.05) is 35.2 Å². The molecule has 4 rings (SSSR count). The molecule has 0 radical (unpaired) electrons. The van der Waals surface area contributed by atoms with Gasteiger partial charge in [0.1, 0.15) is 0 Å². The molecule has 2 atom stereocenters. The summed E-state index contributed by atoms with van der Waals surface area (Å²) in [6.07, 6.45) is 3.36. The molecule has 8 heteroatoms. The zero-order chi connectivity index (χ0) is 21.0. The molecule has 1 aliphatic rings. The monoisotopic (exact) mass is 445 g/mol. The number of pyridine rings is 1. The van der Waals surface area contributed by atoms with E-state index >= 15 is 0 Å². The van der Waals surface area contributed by atoms with Crippen LogP contribution >= 0.6 is 11.6 Å². The molecule has 1 saturated heterocycles. The Kier molecular flexibility index (Phi) is 6.65. The number of rotatable bonds is 8. The summed E-state index contributed by atoms with van der Waals surface area (Å²) in [6.45, 7) is 1.43. The summed E-state index contributed by atoms with van der Waals surface area (Å²) in [4.78, 5) is 4.11. The Bertz CT molecular complexity index is 1100. The number of fused-ring (bicyclic) bond motifs is 1. The fraction of sp³-hybridized carbons (Fsp3) is 0.318. The van der Waals surface area contributed by atoms with Gasteiger partial charge in [-0.15, -0.1) is 0 Å². The van der Waals surface area contributed by atoms with Gasteiger partial charge in [0.2, 0.25) is 0 Å². The van der Waals surface area contributed by atoms with Gasteiger partial charge in [-0.2, -0.15) is 0 Å². The average molecular weight is 446 g/mol. The van der Waals surface area contributed by atoms with E-state index < -0.39 is 10.0 Å². The Balaban J connectivity index is 1.27. The standard InChI is InChI=1S/C22H24ClN3O3S/c23-18-7-5-16(6-8-18)14-29-15-20-10-9-19(26-20)13-25-30(27,28)22-21-4-2-1-3-17(21)11-12-24-22/h1-8,11-12,19-20,25-26H,9-10,13-15H2/t19-,20+/m0/s1. The number of ether oxygens (including phenoxy) is 1. The minimum Gasteiger partial charge on any atom is -0.375 e. The van der Waals surface area contributed by atoms with Gasteiger partial charge < -0.3 is 10.1 Å². The number of benzene rings is 2.